The molecule has 136 valence electrons. The van der Waals surface area contributed by atoms with Crippen LogP contribution in [-0.4, -0.2) is 45.7 Å². The maximum atomic E-state index is 12.8. The van der Waals surface area contributed by atoms with Crippen LogP contribution in [0.3, 0.4) is 0 Å². The summed E-state index contributed by atoms with van der Waals surface area (Å²) in [6.45, 7) is 8.42. The van der Waals surface area contributed by atoms with Gasteiger partial charge in [0.15, 0.2) is 0 Å². The monoisotopic (exact) mass is 330 g/mol. The molecule has 23 heavy (non-hydrogen) atoms. The van der Waals surface area contributed by atoms with E-state index in [1.54, 1.807) is 20.8 Å². The Hall–Kier alpha value is -0.780. The fraction of sp³-hybridized carbons (Fsp3) is 0.889. The molecule has 0 aliphatic carbocycles. The maximum Gasteiger partial charge on any atom is 0.146 e. The maximum absolute atomic E-state index is 12.8. The first-order valence-corrected chi connectivity index (χ1v) is 8.60. The summed E-state index contributed by atoms with van der Waals surface area (Å²) in [6.07, 6.45) is 0.780. The van der Waals surface area contributed by atoms with Crippen molar-refractivity contribution in [1.82, 2.24) is 0 Å². The third-order valence-electron chi connectivity index (χ3n) is 4.83. The van der Waals surface area contributed by atoms with E-state index in [9.17, 15) is 19.8 Å². The van der Waals surface area contributed by atoms with Crippen molar-refractivity contribution in [3.8, 4) is 0 Å². The highest BCUT2D eigenvalue weighted by Gasteiger charge is 2.41. The standard InChI is InChI=1S/C18H34O5/c1-6-14(16(22)12(2)8-7-9-13(3)20)17(23)18(4,5)15(21)10-11-19/h12,14-16,19,21-22H,6-11H2,1-5H3/t12-,14+,15-,16?/m0/s1. The summed E-state index contributed by atoms with van der Waals surface area (Å²) in [5.74, 6) is -0.686. The van der Waals surface area contributed by atoms with Gasteiger partial charge in [-0.1, -0.05) is 27.7 Å². The quantitative estimate of drug-likeness (QED) is 0.509. The molecule has 0 aromatic carbocycles. The van der Waals surface area contributed by atoms with Gasteiger partial charge >= 0.3 is 0 Å². The number of aliphatic hydroxyl groups is 3. The van der Waals surface area contributed by atoms with E-state index in [0.29, 0.717) is 25.7 Å². The fourth-order valence-electron chi connectivity index (χ4n) is 2.95. The SMILES string of the molecule is CC[C@@H](C(=O)C(C)(C)[C@@H](O)CCO)C(O)[C@@H](C)CCCC(C)=O. The lowest BCUT2D eigenvalue weighted by Gasteiger charge is -2.35. The van der Waals surface area contributed by atoms with Crippen LogP contribution in [0.25, 0.3) is 0 Å². The van der Waals surface area contributed by atoms with Gasteiger partial charge in [-0.25, -0.2) is 0 Å². The Morgan fingerprint density at radius 2 is 1.70 bits per heavy atom. The first kappa shape index (κ1) is 22.2. The molecule has 5 heteroatoms. The summed E-state index contributed by atoms with van der Waals surface area (Å²) in [6, 6.07) is 0. The Bertz CT molecular complexity index is 378. The van der Waals surface area contributed by atoms with Crippen molar-refractivity contribution in [3.63, 3.8) is 0 Å². The van der Waals surface area contributed by atoms with E-state index in [2.05, 4.69) is 0 Å². The Balaban J connectivity index is 4.89. The Labute approximate surface area is 140 Å². The first-order valence-electron chi connectivity index (χ1n) is 8.60. The molecular weight excluding hydrogens is 296 g/mol. The molecule has 0 saturated carbocycles. The summed E-state index contributed by atoms with van der Waals surface area (Å²) >= 11 is 0. The number of aliphatic hydroxyl groups excluding tert-OH is 3. The molecule has 0 heterocycles. The van der Waals surface area contributed by atoms with Crippen molar-refractivity contribution in [2.75, 3.05) is 6.61 Å². The van der Waals surface area contributed by atoms with Gasteiger partial charge in [-0.05, 0) is 38.5 Å². The summed E-state index contributed by atoms with van der Waals surface area (Å²) in [5.41, 5.74) is -1.01. The van der Waals surface area contributed by atoms with Crippen molar-refractivity contribution < 1.29 is 24.9 Å². The predicted molar refractivity (Wildman–Crippen MR) is 90.0 cm³/mol. The Kier molecular flexibility index (Phi) is 9.82. The van der Waals surface area contributed by atoms with Crippen molar-refractivity contribution >= 4 is 11.6 Å². The molecule has 0 radical (unpaired) electrons. The van der Waals surface area contributed by atoms with E-state index in [-0.39, 0.29) is 30.5 Å². The molecule has 0 amide bonds. The van der Waals surface area contributed by atoms with Gasteiger partial charge in [0.2, 0.25) is 0 Å². The molecule has 0 rings (SSSR count). The van der Waals surface area contributed by atoms with Gasteiger partial charge in [0, 0.05) is 24.4 Å². The number of hydrogen-bond acceptors (Lipinski definition) is 5. The minimum Gasteiger partial charge on any atom is -0.396 e. The lowest BCUT2D eigenvalue weighted by molar-refractivity contribution is -0.143. The lowest BCUT2D eigenvalue weighted by Crippen LogP contribution is -2.45. The van der Waals surface area contributed by atoms with Crippen molar-refractivity contribution in [2.45, 2.75) is 78.9 Å². The minimum atomic E-state index is -1.01. The topological polar surface area (TPSA) is 94.8 Å². The molecular formula is C18H34O5. The molecule has 0 aromatic rings. The molecule has 5 nitrogen and oxygen atoms in total. The van der Waals surface area contributed by atoms with Crippen LogP contribution in [0.5, 0.6) is 0 Å². The van der Waals surface area contributed by atoms with Crippen molar-refractivity contribution in [1.29, 1.82) is 0 Å². The second-order valence-electron chi connectivity index (χ2n) is 7.19. The van der Waals surface area contributed by atoms with E-state index in [1.165, 1.54) is 0 Å². The summed E-state index contributed by atoms with van der Waals surface area (Å²) in [7, 11) is 0. The molecule has 0 fully saturated rings. The van der Waals surface area contributed by atoms with Crippen LogP contribution in [0.4, 0.5) is 0 Å². The molecule has 0 aromatic heterocycles. The van der Waals surface area contributed by atoms with Crippen LogP contribution in [0.2, 0.25) is 0 Å². The van der Waals surface area contributed by atoms with Crippen LogP contribution in [0.1, 0.15) is 66.7 Å². The highest BCUT2D eigenvalue weighted by atomic mass is 16.3. The normalized spacial score (nSPS) is 17.4. The molecule has 1 unspecified atom stereocenters. The van der Waals surface area contributed by atoms with Gasteiger partial charge in [-0.15, -0.1) is 0 Å². The fourth-order valence-corrected chi connectivity index (χ4v) is 2.95. The largest absolute Gasteiger partial charge is 0.396 e. The average Bonchev–Trinajstić information content (AvgIpc) is 2.47. The molecule has 0 spiro atoms. The summed E-state index contributed by atoms with van der Waals surface area (Å²) in [5, 5.41) is 29.6. The van der Waals surface area contributed by atoms with Crippen LogP contribution in [-0.2, 0) is 9.59 Å². The second-order valence-corrected chi connectivity index (χ2v) is 7.19. The molecule has 0 saturated heterocycles. The van der Waals surface area contributed by atoms with Crippen LogP contribution >= 0.6 is 0 Å². The zero-order valence-electron chi connectivity index (χ0n) is 15.2. The zero-order valence-corrected chi connectivity index (χ0v) is 15.2. The van der Waals surface area contributed by atoms with Gasteiger partial charge in [0.25, 0.3) is 0 Å². The third-order valence-corrected chi connectivity index (χ3v) is 4.83. The Morgan fingerprint density at radius 1 is 1.13 bits per heavy atom. The van der Waals surface area contributed by atoms with E-state index in [1.807, 2.05) is 13.8 Å². The molecule has 4 atom stereocenters. The van der Waals surface area contributed by atoms with Gasteiger partial charge in [-0.3, -0.25) is 4.79 Å². The highest BCUT2D eigenvalue weighted by molar-refractivity contribution is 5.87. The van der Waals surface area contributed by atoms with Gasteiger partial charge in [-0.2, -0.15) is 0 Å². The van der Waals surface area contributed by atoms with Crippen molar-refractivity contribution in [2.24, 2.45) is 17.3 Å². The highest BCUT2D eigenvalue weighted by Crippen LogP contribution is 2.32. The zero-order chi connectivity index (χ0) is 18.2. The number of ketones is 2. The summed E-state index contributed by atoms with van der Waals surface area (Å²) in [4.78, 5) is 23.8. The number of Topliss-reactive ketones (excluding diaryl/α,β-unsaturated/α-hetero) is 2. The van der Waals surface area contributed by atoms with E-state index in [0.717, 1.165) is 0 Å². The predicted octanol–water partition coefficient (Wildman–Crippen LogP) is 2.11. The van der Waals surface area contributed by atoms with Gasteiger partial charge in [0.05, 0.1) is 12.2 Å². The van der Waals surface area contributed by atoms with E-state index in [4.69, 9.17) is 5.11 Å². The van der Waals surface area contributed by atoms with Gasteiger partial charge < -0.3 is 20.1 Å². The van der Waals surface area contributed by atoms with E-state index >= 15 is 0 Å². The molecule has 0 aliphatic heterocycles. The van der Waals surface area contributed by atoms with Crippen LogP contribution in [0, 0.1) is 17.3 Å². The molecule has 0 aliphatic rings. The lowest BCUT2D eigenvalue weighted by atomic mass is 9.71. The first-order chi connectivity index (χ1) is 10.6. The second kappa shape index (κ2) is 10.2. The van der Waals surface area contributed by atoms with Crippen molar-refractivity contribution in [3.05, 3.63) is 0 Å². The third kappa shape index (κ3) is 6.69. The van der Waals surface area contributed by atoms with E-state index < -0.39 is 23.5 Å². The minimum absolute atomic E-state index is 0.0889. The average molecular weight is 330 g/mol. The van der Waals surface area contributed by atoms with Gasteiger partial charge in [0.1, 0.15) is 11.6 Å². The number of carbonyl (C=O) groups is 2. The molecule has 0 bridgehead atoms. The molecule has 3 N–H and O–H groups in total. The van der Waals surface area contributed by atoms with Crippen LogP contribution < -0.4 is 0 Å². The Morgan fingerprint density at radius 3 is 2.13 bits per heavy atom. The number of hydrogen-bond donors (Lipinski definition) is 3. The smallest absolute Gasteiger partial charge is 0.146 e. The summed E-state index contributed by atoms with van der Waals surface area (Å²) < 4.78 is 0. The number of carbonyl (C=O) groups excluding carboxylic acids is 2. The van der Waals surface area contributed by atoms with Crippen LogP contribution in [0.15, 0.2) is 0 Å². The number of rotatable bonds is 12.